The van der Waals surface area contributed by atoms with Gasteiger partial charge in [-0.3, -0.25) is 4.79 Å². The summed E-state index contributed by atoms with van der Waals surface area (Å²) in [6.45, 7) is 1.88. The normalized spacial score (nSPS) is 9.93. The van der Waals surface area contributed by atoms with Gasteiger partial charge in [-0.25, -0.2) is 8.78 Å². The Morgan fingerprint density at radius 3 is 2.79 bits per heavy atom. The molecule has 76 valence electrons. The third-order valence-electron chi connectivity index (χ3n) is 1.67. The highest BCUT2D eigenvalue weighted by Gasteiger charge is 2.11. The molecule has 0 saturated carbocycles. The van der Waals surface area contributed by atoms with E-state index in [0.717, 1.165) is 6.07 Å². The van der Waals surface area contributed by atoms with Gasteiger partial charge in [0.2, 0.25) is 0 Å². The van der Waals surface area contributed by atoms with Crippen molar-refractivity contribution in [3.8, 4) is 0 Å². The largest absolute Gasteiger partial charge is 0.466 e. The van der Waals surface area contributed by atoms with E-state index < -0.39 is 17.6 Å². The molecular weight excluding hydrogens is 190 g/mol. The van der Waals surface area contributed by atoms with Gasteiger partial charge in [-0.1, -0.05) is 12.1 Å². The Kier molecular flexibility index (Phi) is 3.56. The molecule has 0 aliphatic carbocycles. The molecule has 2 nitrogen and oxygen atoms in total. The molecule has 0 saturated heterocycles. The van der Waals surface area contributed by atoms with E-state index in [1.807, 2.05) is 0 Å². The minimum atomic E-state index is -0.986. The van der Waals surface area contributed by atoms with Crippen molar-refractivity contribution in [2.45, 2.75) is 13.3 Å². The number of carbonyl (C=O) groups is 1. The monoisotopic (exact) mass is 200 g/mol. The molecule has 0 heterocycles. The van der Waals surface area contributed by atoms with Gasteiger partial charge in [-0.15, -0.1) is 0 Å². The Hall–Kier alpha value is -1.45. The zero-order valence-corrected chi connectivity index (χ0v) is 7.72. The summed E-state index contributed by atoms with van der Waals surface area (Å²) < 4.78 is 30.3. The van der Waals surface area contributed by atoms with Crippen LogP contribution < -0.4 is 0 Å². The Bertz CT molecular complexity index is 337. The van der Waals surface area contributed by atoms with E-state index in [0.29, 0.717) is 0 Å². The molecule has 0 N–H and O–H groups in total. The molecule has 0 aliphatic heterocycles. The molecule has 1 aromatic rings. The fourth-order valence-electron chi connectivity index (χ4n) is 1.05. The first-order chi connectivity index (χ1) is 6.65. The van der Waals surface area contributed by atoms with Crippen molar-refractivity contribution in [2.75, 3.05) is 6.61 Å². The molecular formula is C10H10F2O2. The molecule has 1 rings (SSSR count). The maximum Gasteiger partial charge on any atom is 0.310 e. The molecule has 0 aliphatic rings. The van der Waals surface area contributed by atoms with Crippen LogP contribution >= 0.6 is 0 Å². The topological polar surface area (TPSA) is 26.3 Å². The summed E-state index contributed by atoms with van der Waals surface area (Å²) in [5.41, 5.74) is 0.0171. The van der Waals surface area contributed by atoms with Crippen LogP contribution in [0.1, 0.15) is 12.5 Å². The first-order valence-electron chi connectivity index (χ1n) is 4.23. The van der Waals surface area contributed by atoms with Crippen LogP contribution in [-0.2, 0) is 16.0 Å². The molecule has 0 atom stereocenters. The minimum absolute atomic E-state index is 0.0171. The van der Waals surface area contributed by atoms with Crippen molar-refractivity contribution in [3.05, 3.63) is 35.4 Å². The van der Waals surface area contributed by atoms with Crippen LogP contribution in [0, 0.1) is 11.6 Å². The van der Waals surface area contributed by atoms with E-state index in [-0.39, 0.29) is 18.6 Å². The molecule has 0 fully saturated rings. The van der Waals surface area contributed by atoms with Crippen molar-refractivity contribution < 1.29 is 18.3 Å². The highest BCUT2D eigenvalue weighted by atomic mass is 19.2. The Labute approximate surface area is 80.5 Å². The lowest BCUT2D eigenvalue weighted by Gasteiger charge is -2.03. The van der Waals surface area contributed by atoms with Gasteiger partial charge >= 0.3 is 5.97 Å². The minimum Gasteiger partial charge on any atom is -0.466 e. The van der Waals surface area contributed by atoms with Gasteiger partial charge in [0.05, 0.1) is 13.0 Å². The number of rotatable bonds is 3. The van der Waals surface area contributed by atoms with Crippen LogP contribution in [0.25, 0.3) is 0 Å². The summed E-state index contributed by atoms with van der Waals surface area (Å²) in [4.78, 5) is 11.0. The van der Waals surface area contributed by atoms with Crippen LogP contribution in [0.5, 0.6) is 0 Å². The van der Waals surface area contributed by atoms with Crippen molar-refractivity contribution in [1.29, 1.82) is 0 Å². The fraction of sp³-hybridized carbons (Fsp3) is 0.300. The van der Waals surface area contributed by atoms with Crippen LogP contribution in [-0.4, -0.2) is 12.6 Å². The third-order valence-corrected chi connectivity index (χ3v) is 1.67. The predicted octanol–water partition coefficient (Wildman–Crippen LogP) is 2.07. The van der Waals surface area contributed by atoms with E-state index in [1.165, 1.54) is 12.1 Å². The highest BCUT2D eigenvalue weighted by Crippen LogP contribution is 2.12. The summed E-state index contributed by atoms with van der Waals surface area (Å²) in [6.07, 6.45) is -0.239. The molecule has 0 unspecified atom stereocenters. The predicted molar refractivity (Wildman–Crippen MR) is 46.7 cm³/mol. The second kappa shape index (κ2) is 4.69. The molecule has 0 bridgehead atoms. The van der Waals surface area contributed by atoms with E-state index >= 15 is 0 Å². The summed E-state index contributed by atoms with van der Waals surface area (Å²) in [5, 5.41) is 0. The van der Waals surface area contributed by atoms with E-state index in [4.69, 9.17) is 0 Å². The number of halogens is 2. The lowest BCUT2D eigenvalue weighted by molar-refractivity contribution is -0.142. The number of carbonyl (C=O) groups excluding carboxylic acids is 1. The Balaban J connectivity index is 2.76. The van der Waals surface area contributed by atoms with Crippen molar-refractivity contribution in [2.24, 2.45) is 0 Å². The lowest BCUT2D eigenvalue weighted by Crippen LogP contribution is -2.09. The second-order valence-corrected chi connectivity index (χ2v) is 2.69. The summed E-state index contributed by atoms with van der Waals surface area (Å²) in [7, 11) is 0. The number of hydrogen-bond acceptors (Lipinski definition) is 2. The van der Waals surface area contributed by atoms with Crippen molar-refractivity contribution in [3.63, 3.8) is 0 Å². The highest BCUT2D eigenvalue weighted by molar-refractivity contribution is 5.72. The van der Waals surface area contributed by atoms with Crippen LogP contribution in [0.4, 0.5) is 8.78 Å². The van der Waals surface area contributed by atoms with Gasteiger partial charge in [0, 0.05) is 5.56 Å². The Morgan fingerprint density at radius 2 is 2.14 bits per heavy atom. The number of esters is 1. The molecule has 0 aromatic heterocycles. The SMILES string of the molecule is CCOC(=O)Cc1cccc(F)c1F. The van der Waals surface area contributed by atoms with Crippen LogP contribution in [0.3, 0.4) is 0 Å². The number of hydrogen-bond donors (Lipinski definition) is 0. The quantitative estimate of drug-likeness (QED) is 0.698. The average molecular weight is 200 g/mol. The van der Waals surface area contributed by atoms with Gasteiger partial charge < -0.3 is 4.74 Å². The summed E-state index contributed by atoms with van der Waals surface area (Å²) in [5.74, 6) is -2.50. The third kappa shape index (κ3) is 2.52. The van der Waals surface area contributed by atoms with Crippen LogP contribution in [0.15, 0.2) is 18.2 Å². The Morgan fingerprint density at radius 1 is 1.43 bits per heavy atom. The standard InChI is InChI=1S/C10H10F2O2/c1-2-14-9(13)6-7-4-3-5-8(11)10(7)12/h3-5H,2,6H2,1H3. The molecule has 4 heteroatoms. The van der Waals surface area contributed by atoms with E-state index in [2.05, 4.69) is 4.74 Å². The van der Waals surface area contributed by atoms with Gasteiger partial charge in [-0.2, -0.15) is 0 Å². The average Bonchev–Trinajstić information content (AvgIpc) is 2.13. The fourth-order valence-corrected chi connectivity index (χ4v) is 1.05. The number of ether oxygens (including phenoxy) is 1. The molecule has 0 radical (unpaired) electrons. The zero-order chi connectivity index (χ0) is 10.6. The smallest absolute Gasteiger partial charge is 0.310 e. The molecule has 0 spiro atoms. The second-order valence-electron chi connectivity index (χ2n) is 2.69. The maximum absolute atomic E-state index is 13.0. The van der Waals surface area contributed by atoms with Crippen molar-refractivity contribution >= 4 is 5.97 Å². The maximum atomic E-state index is 13.0. The van der Waals surface area contributed by atoms with Gasteiger partial charge in [0.25, 0.3) is 0 Å². The lowest BCUT2D eigenvalue weighted by atomic mass is 10.1. The van der Waals surface area contributed by atoms with Crippen molar-refractivity contribution in [1.82, 2.24) is 0 Å². The molecule has 1 aromatic carbocycles. The first-order valence-corrected chi connectivity index (χ1v) is 4.23. The molecule has 0 amide bonds. The number of benzene rings is 1. The van der Waals surface area contributed by atoms with E-state index in [1.54, 1.807) is 6.92 Å². The summed E-state index contributed by atoms with van der Waals surface area (Å²) >= 11 is 0. The van der Waals surface area contributed by atoms with Gasteiger partial charge in [0.1, 0.15) is 0 Å². The summed E-state index contributed by atoms with van der Waals surface area (Å²) in [6, 6.07) is 3.71. The van der Waals surface area contributed by atoms with E-state index in [9.17, 15) is 13.6 Å². The van der Waals surface area contributed by atoms with Crippen LogP contribution in [0.2, 0.25) is 0 Å². The molecule has 14 heavy (non-hydrogen) atoms. The van der Waals surface area contributed by atoms with Gasteiger partial charge in [-0.05, 0) is 13.0 Å². The first kappa shape index (κ1) is 10.6. The zero-order valence-electron chi connectivity index (χ0n) is 7.72. The van der Waals surface area contributed by atoms with Gasteiger partial charge in [0.15, 0.2) is 11.6 Å².